The van der Waals surface area contributed by atoms with Gasteiger partial charge in [0.2, 0.25) is 0 Å². The molecule has 37 heavy (non-hydrogen) atoms. The van der Waals surface area contributed by atoms with E-state index in [2.05, 4.69) is 36.6 Å². The van der Waals surface area contributed by atoms with Crippen molar-refractivity contribution in [3.8, 4) is 0 Å². The molecule has 0 saturated carbocycles. The van der Waals surface area contributed by atoms with Gasteiger partial charge in [-0.3, -0.25) is 0 Å². The zero-order valence-corrected chi connectivity index (χ0v) is 19.7. The largest absolute Gasteiger partial charge is 0.435 e. The predicted molar refractivity (Wildman–Crippen MR) is 96.8 cm³/mol. The van der Waals surface area contributed by atoms with Crippen LogP contribution in [0.1, 0.15) is 11.1 Å². The molecular formula is C18H4Br2F16O. The maximum Gasteiger partial charge on any atom is 0.435 e. The van der Waals surface area contributed by atoms with Crippen molar-refractivity contribution in [1.29, 1.82) is 0 Å². The molecule has 1 nitrogen and oxygen atoms in total. The molecule has 0 aromatic heterocycles. The van der Waals surface area contributed by atoms with Gasteiger partial charge in [0.05, 0.1) is 11.1 Å². The van der Waals surface area contributed by atoms with Gasteiger partial charge in [0, 0.05) is 8.95 Å². The summed E-state index contributed by atoms with van der Waals surface area (Å²) in [5.41, 5.74) is -20.9. The third kappa shape index (κ3) is 5.02. The molecule has 208 valence electrons. The van der Waals surface area contributed by atoms with Crippen molar-refractivity contribution in [3.63, 3.8) is 0 Å². The van der Waals surface area contributed by atoms with Crippen molar-refractivity contribution in [2.24, 2.45) is 0 Å². The minimum absolute atomic E-state index is 0.269. The third-order valence-corrected chi connectivity index (χ3v) is 5.46. The number of alkyl halides is 12. The first-order valence-electron chi connectivity index (χ1n) is 8.62. The first kappa shape index (κ1) is 31.5. The van der Waals surface area contributed by atoms with Crippen LogP contribution in [0.3, 0.4) is 0 Å². The minimum Gasteiger partial charge on any atom is -0.249 e. The number of hydrogen-bond acceptors (Lipinski definition) is 1. The van der Waals surface area contributed by atoms with Crippen LogP contribution in [0.4, 0.5) is 70.2 Å². The average molecular weight is 700 g/mol. The van der Waals surface area contributed by atoms with Crippen molar-refractivity contribution in [1.82, 2.24) is 0 Å². The van der Waals surface area contributed by atoms with E-state index in [1.54, 1.807) is 0 Å². The standard InChI is InChI=1S/C18H4Br2F16O/c19-5-1-7(21)11(8(22)2-5)13(25,15(27,28)29)17(33,34)37-18(35,36)14(26,16(30,31)32)12-9(23)3-6(20)4-10(12)24/h1-4H/t13-,14-/m1/s1. The average Bonchev–Trinajstić information content (AvgIpc) is 2.63. The fourth-order valence-corrected chi connectivity index (χ4v) is 3.75. The molecular weight excluding hydrogens is 696 g/mol. The van der Waals surface area contributed by atoms with Crippen LogP contribution in [0.15, 0.2) is 33.2 Å². The van der Waals surface area contributed by atoms with E-state index in [9.17, 15) is 70.2 Å². The lowest BCUT2D eigenvalue weighted by Crippen LogP contribution is -2.62. The second kappa shape index (κ2) is 9.46. The molecule has 2 rings (SSSR count). The Labute approximate surface area is 210 Å². The molecule has 0 aliphatic carbocycles. The zero-order valence-electron chi connectivity index (χ0n) is 16.5. The van der Waals surface area contributed by atoms with Crippen molar-refractivity contribution < 1.29 is 75.0 Å². The van der Waals surface area contributed by atoms with E-state index in [-0.39, 0.29) is 24.3 Å². The Balaban J connectivity index is 2.87. The van der Waals surface area contributed by atoms with Crippen LogP contribution < -0.4 is 0 Å². The lowest BCUT2D eigenvalue weighted by atomic mass is 9.90. The van der Waals surface area contributed by atoms with Gasteiger partial charge in [-0.15, -0.1) is 0 Å². The van der Waals surface area contributed by atoms with E-state index < -0.39 is 79.2 Å². The molecule has 0 N–H and O–H groups in total. The Morgan fingerprint density at radius 1 is 0.459 bits per heavy atom. The van der Waals surface area contributed by atoms with Crippen LogP contribution in [-0.2, 0) is 16.1 Å². The quantitative estimate of drug-likeness (QED) is 0.274. The predicted octanol–water partition coefficient (Wildman–Crippen LogP) is 9.12. The molecule has 2 atom stereocenters. The fraction of sp³-hybridized carbons (Fsp3) is 0.333. The van der Waals surface area contributed by atoms with E-state index in [0.717, 1.165) is 0 Å². The van der Waals surface area contributed by atoms with Gasteiger partial charge in [-0.1, -0.05) is 31.9 Å². The molecule has 19 heteroatoms. The Kier molecular flexibility index (Phi) is 8.04. The number of benzene rings is 2. The number of halogens is 18. The fourth-order valence-electron chi connectivity index (χ4n) is 2.95. The molecule has 0 spiro atoms. The summed E-state index contributed by atoms with van der Waals surface area (Å²) in [6.45, 7) is 0. The van der Waals surface area contributed by atoms with Crippen molar-refractivity contribution in [2.45, 2.75) is 35.9 Å². The van der Waals surface area contributed by atoms with E-state index in [1.807, 2.05) is 0 Å². The molecule has 0 bridgehead atoms. The van der Waals surface area contributed by atoms with Crippen LogP contribution in [0.5, 0.6) is 0 Å². The van der Waals surface area contributed by atoms with Crippen LogP contribution in [0, 0.1) is 23.3 Å². The van der Waals surface area contributed by atoms with Gasteiger partial charge in [0.25, 0.3) is 0 Å². The van der Waals surface area contributed by atoms with Crippen LogP contribution in [-0.4, -0.2) is 24.6 Å². The Morgan fingerprint density at radius 2 is 0.676 bits per heavy atom. The summed E-state index contributed by atoms with van der Waals surface area (Å²) in [6, 6.07) is -1.08. The highest BCUT2D eigenvalue weighted by Crippen LogP contribution is 2.60. The maximum absolute atomic E-state index is 14.9. The number of hydrogen-bond donors (Lipinski definition) is 0. The summed E-state index contributed by atoms with van der Waals surface area (Å²) in [4.78, 5) is 0. The van der Waals surface area contributed by atoms with Gasteiger partial charge >= 0.3 is 35.9 Å². The van der Waals surface area contributed by atoms with E-state index in [0.29, 0.717) is 0 Å². The van der Waals surface area contributed by atoms with Gasteiger partial charge in [0.1, 0.15) is 23.3 Å². The smallest absolute Gasteiger partial charge is 0.249 e. The monoisotopic (exact) mass is 698 g/mol. The first-order valence-corrected chi connectivity index (χ1v) is 10.2. The Bertz CT molecular complexity index is 1060. The lowest BCUT2D eigenvalue weighted by molar-refractivity contribution is -0.490. The summed E-state index contributed by atoms with van der Waals surface area (Å²) in [5.74, 6) is -11.3. The van der Waals surface area contributed by atoms with Gasteiger partial charge in [-0.25, -0.2) is 31.1 Å². The Hall–Kier alpha value is -1.76. The first-order chi connectivity index (χ1) is 16.3. The van der Waals surface area contributed by atoms with Gasteiger partial charge in [0.15, 0.2) is 0 Å². The van der Waals surface area contributed by atoms with E-state index in [1.165, 1.54) is 0 Å². The van der Waals surface area contributed by atoms with E-state index >= 15 is 0 Å². The SMILES string of the molecule is Fc1cc(Br)cc(F)c1[C@@](F)(C(F)(F)F)C(F)(F)OC(F)(F)[C@@](F)(c1c(F)cc(Br)cc1F)C(F)(F)F. The number of ether oxygens (including phenoxy) is 1. The molecule has 0 unspecified atom stereocenters. The molecule has 0 radical (unpaired) electrons. The Morgan fingerprint density at radius 3 is 0.865 bits per heavy atom. The summed E-state index contributed by atoms with van der Waals surface area (Å²) in [5, 5.41) is 0. The topological polar surface area (TPSA) is 9.23 Å². The molecule has 0 aliphatic heterocycles. The summed E-state index contributed by atoms with van der Waals surface area (Å²) in [6.07, 6.45) is -29.7. The molecule has 2 aromatic rings. The van der Waals surface area contributed by atoms with Crippen LogP contribution >= 0.6 is 31.9 Å². The van der Waals surface area contributed by atoms with Gasteiger partial charge in [-0.05, 0) is 24.3 Å². The van der Waals surface area contributed by atoms with Crippen molar-refractivity contribution >= 4 is 31.9 Å². The minimum atomic E-state index is -7.49. The van der Waals surface area contributed by atoms with Gasteiger partial charge < -0.3 is 0 Å². The van der Waals surface area contributed by atoms with Gasteiger partial charge in [-0.2, -0.15) is 43.9 Å². The summed E-state index contributed by atoms with van der Waals surface area (Å²) < 4.78 is 224. The summed E-state index contributed by atoms with van der Waals surface area (Å²) >= 11 is 4.57. The highest BCUT2D eigenvalue weighted by atomic mass is 79.9. The van der Waals surface area contributed by atoms with E-state index in [4.69, 9.17) is 0 Å². The second-order valence-electron chi connectivity index (χ2n) is 6.94. The maximum atomic E-state index is 14.9. The zero-order chi connectivity index (χ0) is 29.2. The van der Waals surface area contributed by atoms with Crippen LogP contribution in [0.25, 0.3) is 0 Å². The molecule has 0 heterocycles. The normalized spacial score (nSPS) is 16.9. The molecule has 0 aliphatic rings. The highest BCUT2D eigenvalue weighted by Gasteiger charge is 2.82. The van der Waals surface area contributed by atoms with Crippen molar-refractivity contribution in [3.05, 3.63) is 67.6 Å². The van der Waals surface area contributed by atoms with Crippen molar-refractivity contribution in [2.75, 3.05) is 0 Å². The molecule has 0 amide bonds. The third-order valence-electron chi connectivity index (χ3n) is 4.54. The molecule has 0 fully saturated rings. The number of rotatable bonds is 6. The molecule has 2 aromatic carbocycles. The van der Waals surface area contributed by atoms with Crippen LogP contribution in [0.2, 0.25) is 0 Å². The lowest BCUT2D eigenvalue weighted by Gasteiger charge is -2.40. The highest BCUT2D eigenvalue weighted by molar-refractivity contribution is 9.10. The summed E-state index contributed by atoms with van der Waals surface area (Å²) in [7, 11) is 0. The molecule has 0 saturated heterocycles. The second-order valence-corrected chi connectivity index (χ2v) is 8.77.